The van der Waals surface area contributed by atoms with Gasteiger partial charge < -0.3 is 5.73 Å². The molecule has 6 heteroatoms. The van der Waals surface area contributed by atoms with Crippen molar-refractivity contribution in [1.29, 1.82) is 0 Å². The largest absolute Gasteiger partial charge is 0.375 e. The molecule has 0 radical (unpaired) electrons. The maximum atomic E-state index is 8.04. The van der Waals surface area contributed by atoms with E-state index in [1.807, 2.05) is 19.1 Å². The molecule has 0 aliphatic rings. The van der Waals surface area contributed by atoms with Gasteiger partial charge >= 0.3 is 0 Å². The number of aryl methyl sites for hydroxylation is 1. The summed E-state index contributed by atoms with van der Waals surface area (Å²) in [4.78, 5) is 7.81. The molecule has 0 unspecified atom stereocenters. The van der Waals surface area contributed by atoms with E-state index in [9.17, 15) is 0 Å². The lowest BCUT2D eigenvalue weighted by molar-refractivity contribution is 0.996. The van der Waals surface area contributed by atoms with Gasteiger partial charge in [-0.15, -0.1) is 0 Å². The minimum atomic E-state index is 0.486. The van der Waals surface area contributed by atoms with Crippen molar-refractivity contribution >= 4 is 22.5 Å². The fraction of sp³-hybridized carbons (Fsp3) is 0.375. The van der Waals surface area contributed by atoms with Crippen LogP contribution >= 0.6 is 11.3 Å². The fourth-order valence-corrected chi connectivity index (χ4v) is 1.72. The second-order valence-electron chi connectivity index (χ2n) is 2.65. The maximum Gasteiger partial charge on any atom is 0.180 e. The first kappa shape index (κ1) is 10.6. The van der Waals surface area contributed by atoms with Crippen LogP contribution in [0.3, 0.4) is 0 Å². The van der Waals surface area contributed by atoms with Crippen LogP contribution in [0.1, 0.15) is 17.0 Å². The third-order valence-electron chi connectivity index (χ3n) is 1.58. The van der Waals surface area contributed by atoms with Crippen LogP contribution in [0.4, 0.5) is 5.13 Å². The summed E-state index contributed by atoms with van der Waals surface area (Å²) in [7, 11) is 0. The fourth-order valence-electron chi connectivity index (χ4n) is 0.952. The summed E-state index contributed by atoms with van der Waals surface area (Å²) in [5, 5.41) is 4.00. The second-order valence-corrected chi connectivity index (χ2v) is 3.71. The van der Waals surface area contributed by atoms with Crippen LogP contribution in [0.15, 0.2) is 11.2 Å². The zero-order chi connectivity index (χ0) is 10.4. The number of thiazole rings is 1. The monoisotopic (exact) mass is 209 g/mol. The highest BCUT2D eigenvalue weighted by Crippen LogP contribution is 2.20. The Hall–Kier alpha value is -1.52. The van der Waals surface area contributed by atoms with E-state index >= 15 is 0 Å². The molecular weight excluding hydrogens is 198 g/mol. The second kappa shape index (κ2) is 5.26. The Labute approximate surface area is 85.9 Å². The first-order chi connectivity index (χ1) is 6.74. The Morgan fingerprint density at radius 3 is 3.07 bits per heavy atom. The molecule has 74 valence electrons. The van der Waals surface area contributed by atoms with E-state index in [-0.39, 0.29) is 0 Å². The summed E-state index contributed by atoms with van der Waals surface area (Å²) < 4.78 is 0. The predicted octanol–water partition coefficient (Wildman–Crippen LogP) is 2.75. The molecule has 5 nitrogen and oxygen atoms in total. The number of nitrogens with two attached hydrogens (primary N) is 1. The van der Waals surface area contributed by atoms with Crippen LogP contribution in [-0.4, -0.2) is 11.5 Å². The minimum Gasteiger partial charge on any atom is -0.375 e. The van der Waals surface area contributed by atoms with Crippen LogP contribution in [0.2, 0.25) is 0 Å². The average molecular weight is 209 g/mol. The van der Waals surface area contributed by atoms with Gasteiger partial charge in [-0.2, -0.15) is 0 Å². The number of hydrogen-bond acceptors (Lipinski definition) is 4. The Morgan fingerprint density at radius 2 is 2.50 bits per heavy atom. The number of azide groups is 1. The van der Waals surface area contributed by atoms with Gasteiger partial charge in [0.15, 0.2) is 5.13 Å². The summed E-state index contributed by atoms with van der Waals surface area (Å²) in [6.45, 7) is 2.40. The first-order valence-electron chi connectivity index (χ1n) is 4.14. The van der Waals surface area contributed by atoms with E-state index in [2.05, 4.69) is 15.0 Å². The van der Waals surface area contributed by atoms with Crippen LogP contribution < -0.4 is 5.73 Å². The van der Waals surface area contributed by atoms with Gasteiger partial charge in [-0.3, -0.25) is 0 Å². The van der Waals surface area contributed by atoms with Gasteiger partial charge in [0.2, 0.25) is 0 Å². The molecular formula is C8H11N5S. The SMILES string of the molecule is Cc1nc(N)sc1C=CCCN=[N+]=[N-]. The predicted molar refractivity (Wildman–Crippen MR) is 58.9 cm³/mol. The molecule has 2 N–H and O–H groups in total. The van der Waals surface area contributed by atoms with Crippen LogP contribution in [0.25, 0.3) is 16.5 Å². The third-order valence-corrected chi connectivity index (χ3v) is 2.53. The van der Waals surface area contributed by atoms with Crippen molar-refractivity contribution < 1.29 is 0 Å². The molecule has 0 saturated heterocycles. The highest BCUT2D eigenvalue weighted by Gasteiger charge is 1.99. The van der Waals surface area contributed by atoms with E-state index in [1.165, 1.54) is 11.3 Å². The Bertz CT molecular complexity index is 375. The van der Waals surface area contributed by atoms with Crippen molar-refractivity contribution in [2.45, 2.75) is 13.3 Å². The highest BCUT2D eigenvalue weighted by molar-refractivity contribution is 7.16. The number of hydrogen-bond donors (Lipinski definition) is 1. The van der Waals surface area contributed by atoms with Crippen molar-refractivity contribution in [2.24, 2.45) is 5.11 Å². The molecule has 0 bridgehead atoms. The number of nitrogen functional groups attached to an aromatic ring is 1. The van der Waals surface area contributed by atoms with E-state index in [0.29, 0.717) is 11.7 Å². The molecule has 1 rings (SSSR count). The Balaban J connectivity index is 2.51. The summed E-state index contributed by atoms with van der Waals surface area (Å²) in [6, 6.07) is 0. The number of nitrogens with zero attached hydrogens (tertiary/aromatic N) is 4. The third kappa shape index (κ3) is 3.08. The van der Waals surface area contributed by atoms with Crippen molar-refractivity contribution in [3.8, 4) is 0 Å². The summed E-state index contributed by atoms with van der Waals surface area (Å²) >= 11 is 1.45. The van der Waals surface area contributed by atoms with Crippen LogP contribution in [0, 0.1) is 6.92 Å². The molecule has 0 aliphatic carbocycles. The maximum absolute atomic E-state index is 8.04. The molecule has 1 heterocycles. The summed E-state index contributed by atoms with van der Waals surface area (Å²) in [5.41, 5.74) is 14.5. The smallest absolute Gasteiger partial charge is 0.180 e. The molecule has 0 aromatic carbocycles. The zero-order valence-corrected chi connectivity index (χ0v) is 8.66. The van der Waals surface area contributed by atoms with Crippen molar-refractivity contribution in [3.05, 3.63) is 27.1 Å². The van der Waals surface area contributed by atoms with Gasteiger partial charge in [-0.25, -0.2) is 4.98 Å². The van der Waals surface area contributed by atoms with E-state index in [1.54, 1.807) is 0 Å². The van der Waals surface area contributed by atoms with Gasteiger partial charge in [-0.1, -0.05) is 22.5 Å². The molecule has 1 aromatic heterocycles. The molecule has 0 atom stereocenters. The molecule has 0 amide bonds. The number of anilines is 1. The summed E-state index contributed by atoms with van der Waals surface area (Å²) in [5.74, 6) is 0. The normalized spacial score (nSPS) is 10.4. The van der Waals surface area contributed by atoms with Crippen LogP contribution in [0.5, 0.6) is 0 Å². The lowest BCUT2D eigenvalue weighted by Gasteiger charge is -1.86. The zero-order valence-electron chi connectivity index (χ0n) is 7.84. The Morgan fingerprint density at radius 1 is 1.71 bits per heavy atom. The standard InChI is InChI=1S/C8H11N5S/c1-6-7(14-8(9)12-6)4-2-3-5-11-13-10/h2,4H,3,5H2,1H3,(H2,9,12). The van der Waals surface area contributed by atoms with Crippen molar-refractivity contribution in [3.63, 3.8) is 0 Å². The van der Waals surface area contributed by atoms with Gasteiger partial charge in [0.1, 0.15) is 0 Å². The first-order valence-corrected chi connectivity index (χ1v) is 4.96. The van der Waals surface area contributed by atoms with E-state index in [0.717, 1.165) is 17.0 Å². The average Bonchev–Trinajstić information content (AvgIpc) is 2.45. The topological polar surface area (TPSA) is 87.7 Å². The lowest BCUT2D eigenvalue weighted by atomic mass is 10.3. The molecule has 0 saturated carbocycles. The van der Waals surface area contributed by atoms with Crippen LogP contribution in [-0.2, 0) is 0 Å². The Kier molecular flexibility index (Phi) is 3.97. The quantitative estimate of drug-likeness (QED) is 0.357. The van der Waals surface area contributed by atoms with Crippen molar-refractivity contribution in [1.82, 2.24) is 4.98 Å². The van der Waals surface area contributed by atoms with Gasteiger partial charge in [-0.05, 0) is 25.0 Å². The molecule has 0 spiro atoms. The van der Waals surface area contributed by atoms with E-state index < -0.39 is 0 Å². The molecule has 0 aliphatic heterocycles. The van der Waals surface area contributed by atoms with Gasteiger partial charge in [0.05, 0.1) is 10.6 Å². The van der Waals surface area contributed by atoms with Crippen molar-refractivity contribution in [2.75, 3.05) is 12.3 Å². The summed E-state index contributed by atoms with van der Waals surface area (Å²) in [6.07, 6.45) is 4.65. The minimum absolute atomic E-state index is 0.486. The molecule has 0 fully saturated rings. The highest BCUT2D eigenvalue weighted by atomic mass is 32.1. The van der Waals surface area contributed by atoms with Gasteiger partial charge in [0.25, 0.3) is 0 Å². The molecule has 1 aromatic rings. The number of aromatic nitrogens is 1. The van der Waals surface area contributed by atoms with E-state index in [4.69, 9.17) is 11.3 Å². The number of rotatable bonds is 4. The molecule has 14 heavy (non-hydrogen) atoms. The lowest BCUT2D eigenvalue weighted by Crippen LogP contribution is -1.80. The van der Waals surface area contributed by atoms with Gasteiger partial charge in [0, 0.05) is 11.5 Å².